The third-order valence-corrected chi connectivity index (χ3v) is 4.10. The summed E-state index contributed by atoms with van der Waals surface area (Å²) in [6.07, 6.45) is 1.85. The maximum Gasteiger partial charge on any atom is 0.328 e. The minimum Gasteiger partial charge on any atom is -0.481 e. The van der Waals surface area contributed by atoms with Gasteiger partial charge < -0.3 is 9.84 Å². The highest BCUT2D eigenvalue weighted by Gasteiger charge is 2.19. The maximum absolute atomic E-state index is 11.9. The molecule has 0 spiro atoms. The van der Waals surface area contributed by atoms with Gasteiger partial charge in [0.15, 0.2) is 6.04 Å². The molecular formula is C22H20N2O3. The van der Waals surface area contributed by atoms with Gasteiger partial charge in [-0.3, -0.25) is 4.99 Å². The number of pyridine rings is 1. The molecule has 136 valence electrons. The van der Waals surface area contributed by atoms with E-state index in [2.05, 4.69) is 9.98 Å². The second-order valence-corrected chi connectivity index (χ2v) is 5.97. The van der Waals surface area contributed by atoms with E-state index >= 15 is 0 Å². The van der Waals surface area contributed by atoms with Crippen LogP contribution in [-0.2, 0) is 11.2 Å². The van der Waals surface area contributed by atoms with Crippen molar-refractivity contribution in [3.63, 3.8) is 0 Å². The lowest BCUT2D eigenvalue weighted by Gasteiger charge is -2.13. The summed E-state index contributed by atoms with van der Waals surface area (Å²) in [6.45, 7) is 0. The standard InChI is InChI=1S/C22H20N2O3/c1-27-20-15-16(12-13-23-20)14-19(22(25)26)24-21(17-8-4-2-5-9-17)18-10-6-3-7-11-18/h2-13,15,19H,14H2,1H3,(H,25,26). The van der Waals surface area contributed by atoms with Crippen LogP contribution in [0.15, 0.2) is 84.0 Å². The number of hydrogen-bond donors (Lipinski definition) is 1. The summed E-state index contributed by atoms with van der Waals surface area (Å²) in [5.41, 5.74) is 3.22. The molecule has 0 aliphatic rings. The molecule has 5 nitrogen and oxygen atoms in total. The lowest BCUT2D eigenvalue weighted by molar-refractivity contribution is -0.138. The van der Waals surface area contributed by atoms with Crippen LogP contribution in [0.4, 0.5) is 0 Å². The second-order valence-electron chi connectivity index (χ2n) is 5.97. The van der Waals surface area contributed by atoms with E-state index in [9.17, 15) is 9.90 Å². The zero-order valence-corrected chi connectivity index (χ0v) is 14.9. The van der Waals surface area contributed by atoms with Crippen LogP contribution in [0.25, 0.3) is 0 Å². The van der Waals surface area contributed by atoms with E-state index in [0.29, 0.717) is 11.6 Å². The Hall–Kier alpha value is -3.47. The van der Waals surface area contributed by atoms with Gasteiger partial charge in [-0.25, -0.2) is 9.78 Å². The molecule has 0 saturated heterocycles. The molecule has 0 bridgehead atoms. The first-order valence-corrected chi connectivity index (χ1v) is 8.57. The van der Waals surface area contributed by atoms with E-state index in [1.165, 1.54) is 7.11 Å². The predicted octanol–water partition coefficient (Wildman–Crippen LogP) is 3.62. The fourth-order valence-electron chi connectivity index (χ4n) is 2.76. The topological polar surface area (TPSA) is 71.8 Å². The fraction of sp³-hybridized carbons (Fsp3) is 0.136. The third kappa shape index (κ3) is 4.79. The third-order valence-electron chi connectivity index (χ3n) is 4.10. The Morgan fingerprint density at radius 3 is 2.15 bits per heavy atom. The number of carboxylic acid groups (broad SMARTS) is 1. The van der Waals surface area contributed by atoms with Crippen molar-refractivity contribution in [1.82, 2.24) is 4.98 Å². The van der Waals surface area contributed by atoms with Crippen LogP contribution >= 0.6 is 0 Å². The second kappa shape index (κ2) is 8.76. The average Bonchev–Trinajstić information content (AvgIpc) is 2.72. The summed E-state index contributed by atoms with van der Waals surface area (Å²) in [6, 6.07) is 21.8. The first-order chi connectivity index (χ1) is 13.2. The summed E-state index contributed by atoms with van der Waals surface area (Å²) < 4.78 is 5.12. The Kier molecular flexibility index (Phi) is 5.94. The number of aliphatic imine (C=N–C) groups is 1. The Labute approximate surface area is 158 Å². The molecule has 1 atom stereocenters. The van der Waals surface area contributed by atoms with Gasteiger partial charge in [0.25, 0.3) is 0 Å². The highest BCUT2D eigenvalue weighted by molar-refractivity contribution is 6.13. The summed E-state index contributed by atoms with van der Waals surface area (Å²) in [4.78, 5) is 20.6. The Morgan fingerprint density at radius 1 is 1.04 bits per heavy atom. The number of methoxy groups -OCH3 is 1. The summed E-state index contributed by atoms with van der Waals surface area (Å²) >= 11 is 0. The van der Waals surface area contributed by atoms with Gasteiger partial charge in [-0.15, -0.1) is 0 Å². The van der Waals surface area contributed by atoms with E-state index in [1.807, 2.05) is 60.7 Å². The molecular weight excluding hydrogens is 340 g/mol. The van der Waals surface area contributed by atoms with Gasteiger partial charge in [0.1, 0.15) is 0 Å². The van der Waals surface area contributed by atoms with Crippen LogP contribution in [0.2, 0.25) is 0 Å². The molecule has 1 heterocycles. The number of aromatic nitrogens is 1. The molecule has 5 heteroatoms. The van der Waals surface area contributed by atoms with Crippen molar-refractivity contribution in [2.24, 2.45) is 4.99 Å². The molecule has 1 N–H and O–H groups in total. The lowest BCUT2D eigenvalue weighted by atomic mass is 10.0. The first kappa shape index (κ1) is 18.3. The summed E-state index contributed by atoms with van der Waals surface area (Å²) in [5.74, 6) is -0.526. The molecule has 3 rings (SSSR count). The van der Waals surface area contributed by atoms with Gasteiger partial charge in [0.2, 0.25) is 5.88 Å². The average molecular weight is 360 g/mol. The number of benzene rings is 2. The van der Waals surface area contributed by atoms with Crippen LogP contribution in [0, 0.1) is 0 Å². The molecule has 27 heavy (non-hydrogen) atoms. The summed E-state index contributed by atoms with van der Waals surface area (Å²) in [5, 5.41) is 9.75. The molecule has 0 saturated carbocycles. The number of ether oxygens (including phenoxy) is 1. The van der Waals surface area contributed by atoms with Gasteiger partial charge >= 0.3 is 5.97 Å². The minimum absolute atomic E-state index is 0.247. The number of carbonyl (C=O) groups is 1. The Bertz CT molecular complexity index is 883. The van der Waals surface area contributed by atoms with Crippen molar-refractivity contribution >= 4 is 11.7 Å². The maximum atomic E-state index is 11.9. The quantitative estimate of drug-likeness (QED) is 0.653. The number of rotatable bonds is 7. The molecule has 1 unspecified atom stereocenters. The van der Waals surface area contributed by atoms with E-state index < -0.39 is 12.0 Å². The van der Waals surface area contributed by atoms with Gasteiger partial charge in [0.05, 0.1) is 12.8 Å². The molecule has 2 aromatic carbocycles. The Balaban J connectivity index is 2.00. The predicted molar refractivity (Wildman–Crippen MR) is 104 cm³/mol. The highest BCUT2D eigenvalue weighted by atomic mass is 16.5. The van der Waals surface area contributed by atoms with Crippen LogP contribution in [0.5, 0.6) is 5.88 Å². The zero-order chi connectivity index (χ0) is 19.1. The smallest absolute Gasteiger partial charge is 0.328 e. The van der Waals surface area contributed by atoms with Gasteiger partial charge in [0, 0.05) is 29.8 Å². The zero-order valence-electron chi connectivity index (χ0n) is 14.9. The van der Waals surface area contributed by atoms with Crippen LogP contribution in [0.1, 0.15) is 16.7 Å². The molecule has 0 amide bonds. The normalized spacial score (nSPS) is 11.4. The first-order valence-electron chi connectivity index (χ1n) is 8.57. The minimum atomic E-state index is -0.977. The number of aliphatic carboxylic acids is 1. The van der Waals surface area contributed by atoms with E-state index in [-0.39, 0.29) is 6.42 Å². The molecule has 0 fully saturated rings. The van der Waals surface area contributed by atoms with Crippen molar-refractivity contribution in [2.75, 3.05) is 7.11 Å². The molecule has 0 aliphatic carbocycles. The fourth-order valence-corrected chi connectivity index (χ4v) is 2.76. The molecule has 1 aromatic heterocycles. The van der Waals surface area contributed by atoms with E-state index in [1.54, 1.807) is 18.3 Å². The number of hydrogen-bond acceptors (Lipinski definition) is 4. The molecule has 3 aromatic rings. The van der Waals surface area contributed by atoms with Gasteiger partial charge in [-0.1, -0.05) is 60.7 Å². The van der Waals surface area contributed by atoms with Gasteiger partial charge in [-0.05, 0) is 11.6 Å². The van der Waals surface area contributed by atoms with Crippen LogP contribution in [0.3, 0.4) is 0 Å². The molecule has 0 aliphatic heterocycles. The SMILES string of the molecule is COc1cc(CC(N=C(c2ccccc2)c2ccccc2)C(=O)O)ccn1. The number of nitrogens with zero attached hydrogens (tertiary/aromatic N) is 2. The Morgan fingerprint density at radius 2 is 1.63 bits per heavy atom. The summed E-state index contributed by atoms with van der Waals surface area (Å²) in [7, 11) is 1.53. The molecule has 0 radical (unpaired) electrons. The van der Waals surface area contributed by atoms with Crippen molar-refractivity contribution < 1.29 is 14.6 Å². The van der Waals surface area contributed by atoms with Crippen LogP contribution < -0.4 is 4.74 Å². The highest BCUT2D eigenvalue weighted by Crippen LogP contribution is 2.16. The van der Waals surface area contributed by atoms with E-state index in [4.69, 9.17) is 4.74 Å². The monoisotopic (exact) mass is 360 g/mol. The number of carboxylic acids is 1. The largest absolute Gasteiger partial charge is 0.481 e. The van der Waals surface area contributed by atoms with Crippen molar-refractivity contribution in [2.45, 2.75) is 12.5 Å². The van der Waals surface area contributed by atoms with E-state index in [0.717, 1.165) is 16.7 Å². The lowest BCUT2D eigenvalue weighted by Crippen LogP contribution is -2.23. The van der Waals surface area contributed by atoms with Crippen molar-refractivity contribution in [3.8, 4) is 5.88 Å². The van der Waals surface area contributed by atoms with Crippen molar-refractivity contribution in [3.05, 3.63) is 95.7 Å². The van der Waals surface area contributed by atoms with Gasteiger partial charge in [-0.2, -0.15) is 0 Å². The van der Waals surface area contributed by atoms with Crippen LogP contribution in [-0.4, -0.2) is 34.9 Å². The van der Waals surface area contributed by atoms with Crippen molar-refractivity contribution in [1.29, 1.82) is 0 Å².